The summed E-state index contributed by atoms with van der Waals surface area (Å²) < 4.78 is 5.82. The van der Waals surface area contributed by atoms with Crippen molar-refractivity contribution in [1.82, 2.24) is 0 Å². The van der Waals surface area contributed by atoms with Crippen LogP contribution in [0.15, 0.2) is 65.1 Å². The number of carbonyl (C=O) groups is 3. The third-order valence-corrected chi connectivity index (χ3v) is 4.74. The summed E-state index contributed by atoms with van der Waals surface area (Å²) in [5.74, 6) is -2.48. The molecule has 1 aromatic heterocycles. The van der Waals surface area contributed by atoms with Crippen LogP contribution in [-0.4, -0.2) is 17.8 Å². The molecule has 2 heterocycles. The normalized spacial score (nSPS) is 13.6. The molecule has 0 spiro atoms. The van der Waals surface area contributed by atoms with E-state index in [0.29, 0.717) is 16.9 Å². The van der Waals surface area contributed by atoms with Gasteiger partial charge in [-0.3, -0.25) is 9.59 Å². The number of imide groups is 1. The number of anilines is 1. The van der Waals surface area contributed by atoms with Crippen molar-refractivity contribution in [2.75, 3.05) is 4.90 Å². The molecule has 6 nitrogen and oxygen atoms in total. The number of benzene rings is 3. The second-order valence-electron chi connectivity index (χ2n) is 6.27. The Morgan fingerprint density at radius 2 is 1.56 bits per heavy atom. The molecule has 130 valence electrons. The average molecular weight is 356 g/mol. The number of aromatic carboxylic acids is 1. The number of hydrogen-bond acceptors (Lipinski definition) is 5. The number of fused-ring (bicyclic) bond motifs is 4. The lowest BCUT2D eigenvalue weighted by atomic mass is 10.1. The maximum atomic E-state index is 12.8. The molecule has 0 N–H and O–H groups in total. The second kappa shape index (κ2) is 5.28. The van der Waals surface area contributed by atoms with Gasteiger partial charge in [0, 0.05) is 16.8 Å². The molecular formula is C21H10NO5-. The lowest BCUT2D eigenvalue weighted by Crippen LogP contribution is -2.29. The van der Waals surface area contributed by atoms with Crippen LogP contribution in [0.5, 0.6) is 0 Å². The zero-order valence-corrected chi connectivity index (χ0v) is 13.8. The zero-order chi connectivity index (χ0) is 18.7. The largest absolute Gasteiger partial charge is 0.545 e. The Bertz CT molecular complexity index is 1300. The molecule has 0 unspecified atom stereocenters. The smallest absolute Gasteiger partial charge is 0.266 e. The lowest BCUT2D eigenvalue weighted by Gasteiger charge is -2.13. The number of carbonyl (C=O) groups excluding carboxylic acids is 3. The van der Waals surface area contributed by atoms with Crippen LogP contribution in [0.3, 0.4) is 0 Å². The molecule has 0 fully saturated rings. The minimum Gasteiger partial charge on any atom is -0.545 e. The van der Waals surface area contributed by atoms with Crippen molar-refractivity contribution in [2.45, 2.75) is 0 Å². The topological polar surface area (TPSA) is 90.7 Å². The van der Waals surface area contributed by atoms with Crippen molar-refractivity contribution < 1.29 is 23.9 Å². The van der Waals surface area contributed by atoms with Crippen molar-refractivity contribution in [2.24, 2.45) is 0 Å². The van der Waals surface area contributed by atoms with Crippen LogP contribution < -0.4 is 10.0 Å². The molecular weight excluding hydrogens is 346 g/mol. The molecule has 1 aliphatic rings. The first-order chi connectivity index (χ1) is 13.0. The van der Waals surface area contributed by atoms with Gasteiger partial charge in [0.25, 0.3) is 11.8 Å². The number of carboxylic acids is 1. The number of rotatable bonds is 2. The van der Waals surface area contributed by atoms with Gasteiger partial charge in [-0.1, -0.05) is 24.3 Å². The van der Waals surface area contributed by atoms with Crippen molar-refractivity contribution in [3.63, 3.8) is 0 Å². The summed E-state index contributed by atoms with van der Waals surface area (Å²) in [6.45, 7) is 0. The quantitative estimate of drug-likeness (QED) is 0.515. The van der Waals surface area contributed by atoms with Gasteiger partial charge in [0.2, 0.25) is 0 Å². The third-order valence-electron chi connectivity index (χ3n) is 4.74. The summed E-state index contributed by atoms with van der Waals surface area (Å²) in [6.07, 6.45) is 0. The molecule has 3 aromatic carbocycles. The molecule has 0 bridgehead atoms. The number of carboxylic acid groups (broad SMARTS) is 1. The fourth-order valence-corrected chi connectivity index (χ4v) is 3.46. The van der Waals surface area contributed by atoms with Gasteiger partial charge < -0.3 is 14.3 Å². The Labute approximate surface area is 152 Å². The SMILES string of the molecule is O=C([O-])c1ccc2c(c1)C(=O)N(c1ccc3c(c1)oc1ccccc13)C2=O. The minimum absolute atomic E-state index is 0.0476. The summed E-state index contributed by atoms with van der Waals surface area (Å²) in [7, 11) is 0. The van der Waals surface area contributed by atoms with E-state index in [9.17, 15) is 19.5 Å². The summed E-state index contributed by atoms with van der Waals surface area (Å²) in [4.78, 5) is 37.5. The first kappa shape index (κ1) is 15.3. The molecule has 0 saturated carbocycles. The molecule has 6 heteroatoms. The highest BCUT2D eigenvalue weighted by atomic mass is 16.4. The van der Waals surface area contributed by atoms with Crippen molar-refractivity contribution in [1.29, 1.82) is 0 Å². The van der Waals surface area contributed by atoms with Crippen LogP contribution in [-0.2, 0) is 0 Å². The molecule has 5 rings (SSSR count). The van der Waals surface area contributed by atoms with Gasteiger partial charge in [-0.2, -0.15) is 0 Å². The highest BCUT2D eigenvalue weighted by molar-refractivity contribution is 6.35. The maximum absolute atomic E-state index is 12.8. The van der Waals surface area contributed by atoms with E-state index in [4.69, 9.17) is 4.42 Å². The average Bonchev–Trinajstić information content (AvgIpc) is 3.16. The number of hydrogen-bond donors (Lipinski definition) is 0. The van der Waals surface area contributed by atoms with Crippen LogP contribution in [0.1, 0.15) is 31.1 Å². The van der Waals surface area contributed by atoms with Gasteiger partial charge in [0.1, 0.15) is 11.2 Å². The fourth-order valence-electron chi connectivity index (χ4n) is 3.46. The van der Waals surface area contributed by atoms with Crippen LogP contribution >= 0.6 is 0 Å². The minimum atomic E-state index is -1.40. The molecule has 1 aliphatic heterocycles. The molecule has 4 aromatic rings. The summed E-state index contributed by atoms with van der Waals surface area (Å²) in [5, 5.41) is 12.9. The van der Waals surface area contributed by atoms with Crippen molar-refractivity contribution in [3.05, 3.63) is 77.4 Å². The Morgan fingerprint density at radius 1 is 0.815 bits per heavy atom. The third kappa shape index (κ3) is 2.10. The maximum Gasteiger partial charge on any atom is 0.266 e. The Morgan fingerprint density at radius 3 is 2.37 bits per heavy atom. The monoisotopic (exact) mass is 356 g/mol. The second-order valence-corrected chi connectivity index (χ2v) is 6.27. The van der Waals surface area contributed by atoms with E-state index in [2.05, 4.69) is 0 Å². The van der Waals surface area contributed by atoms with E-state index in [-0.39, 0.29) is 16.7 Å². The number of furan rings is 1. The van der Waals surface area contributed by atoms with E-state index in [1.54, 1.807) is 18.2 Å². The fraction of sp³-hybridized carbons (Fsp3) is 0. The van der Waals surface area contributed by atoms with Gasteiger partial charge >= 0.3 is 0 Å². The predicted molar refractivity (Wildman–Crippen MR) is 95.6 cm³/mol. The predicted octanol–water partition coefficient (Wildman–Crippen LogP) is 2.75. The number of amides is 2. The van der Waals surface area contributed by atoms with Gasteiger partial charge in [-0.05, 0) is 35.9 Å². The Kier molecular flexibility index (Phi) is 3.00. The highest BCUT2D eigenvalue weighted by Crippen LogP contribution is 2.34. The Balaban J connectivity index is 1.64. The van der Waals surface area contributed by atoms with Gasteiger partial charge in [-0.25, -0.2) is 4.90 Å². The first-order valence-corrected chi connectivity index (χ1v) is 8.20. The Hall–Kier alpha value is -3.93. The number of nitrogens with zero attached hydrogens (tertiary/aromatic N) is 1. The molecule has 2 amide bonds. The first-order valence-electron chi connectivity index (χ1n) is 8.20. The van der Waals surface area contributed by atoms with Gasteiger partial charge in [-0.15, -0.1) is 0 Å². The van der Waals surface area contributed by atoms with Crippen molar-refractivity contribution in [3.8, 4) is 0 Å². The molecule has 27 heavy (non-hydrogen) atoms. The molecule has 0 atom stereocenters. The zero-order valence-electron chi connectivity index (χ0n) is 13.8. The van der Waals surface area contributed by atoms with E-state index in [1.807, 2.05) is 24.3 Å². The number of para-hydroxylation sites is 1. The van der Waals surface area contributed by atoms with E-state index >= 15 is 0 Å². The van der Waals surface area contributed by atoms with E-state index in [1.165, 1.54) is 18.2 Å². The summed E-state index contributed by atoms with van der Waals surface area (Å²) >= 11 is 0. The molecule has 0 aliphatic carbocycles. The van der Waals surface area contributed by atoms with Crippen molar-refractivity contribution >= 4 is 45.4 Å². The molecule has 0 saturated heterocycles. The van der Waals surface area contributed by atoms with Crippen LogP contribution in [0.4, 0.5) is 5.69 Å². The van der Waals surface area contributed by atoms with E-state index in [0.717, 1.165) is 15.7 Å². The summed E-state index contributed by atoms with van der Waals surface area (Å²) in [5.41, 5.74) is 1.69. The van der Waals surface area contributed by atoms with Crippen LogP contribution in [0, 0.1) is 0 Å². The van der Waals surface area contributed by atoms with Gasteiger partial charge in [0.15, 0.2) is 0 Å². The molecule has 0 radical (unpaired) electrons. The van der Waals surface area contributed by atoms with E-state index < -0.39 is 17.8 Å². The van der Waals surface area contributed by atoms with Gasteiger partial charge in [0.05, 0.1) is 22.8 Å². The standard InChI is InChI=1S/C21H11NO5/c23-19-15-7-5-11(21(25)26)9-16(15)20(24)22(19)12-6-8-14-13-3-1-2-4-17(13)27-18(14)10-12/h1-10H,(H,25,26)/p-1. The van der Waals surface area contributed by atoms with Crippen LogP contribution in [0.2, 0.25) is 0 Å². The highest BCUT2D eigenvalue weighted by Gasteiger charge is 2.37. The van der Waals surface area contributed by atoms with Crippen LogP contribution in [0.25, 0.3) is 21.9 Å². The summed E-state index contributed by atoms with van der Waals surface area (Å²) in [6, 6.07) is 16.4. The lowest BCUT2D eigenvalue weighted by molar-refractivity contribution is -0.255.